The van der Waals surface area contributed by atoms with Crippen molar-refractivity contribution in [2.24, 2.45) is 5.16 Å². The number of carbonyl (C=O) groups is 1. The van der Waals surface area contributed by atoms with E-state index in [0.29, 0.717) is 24.0 Å². The number of oxime groups is 1. The first-order chi connectivity index (χ1) is 14.3. The summed E-state index contributed by atoms with van der Waals surface area (Å²) >= 11 is 7.08. The van der Waals surface area contributed by atoms with E-state index >= 15 is 0 Å². The highest BCUT2D eigenvalue weighted by atomic mass is 79.9. The smallest absolute Gasteiger partial charge is 0.349 e. The summed E-state index contributed by atoms with van der Waals surface area (Å²) in [4.78, 5) is 16.7. The lowest BCUT2D eigenvalue weighted by Gasteiger charge is -2.15. The van der Waals surface area contributed by atoms with Crippen LogP contribution in [0.15, 0.2) is 44.4 Å². The molecule has 0 aliphatic carbocycles. The van der Waals surface area contributed by atoms with E-state index in [1.54, 1.807) is 21.0 Å². The molecule has 0 saturated carbocycles. The van der Waals surface area contributed by atoms with Crippen LogP contribution in [0.2, 0.25) is 0 Å². The van der Waals surface area contributed by atoms with Crippen LogP contribution in [-0.2, 0) is 14.4 Å². The van der Waals surface area contributed by atoms with Crippen molar-refractivity contribution in [2.75, 3.05) is 13.7 Å². The SMILES string of the molecule is CCOC(=O)C(C)O/N=C/c1cc(Br)c(Oc2ccc(OC)c(C(C)C)c2)c(Br)c1. The van der Waals surface area contributed by atoms with E-state index in [0.717, 1.165) is 25.8 Å². The van der Waals surface area contributed by atoms with E-state index in [4.69, 9.17) is 19.0 Å². The zero-order valence-corrected chi connectivity index (χ0v) is 20.7. The van der Waals surface area contributed by atoms with Gasteiger partial charge >= 0.3 is 5.97 Å². The molecular formula is C22H25Br2NO5. The van der Waals surface area contributed by atoms with Crippen LogP contribution in [0.25, 0.3) is 0 Å². The van der Waals surface area contributed by atoms with Gasteiger partial charge in [-0.15, -0.1) is 0 Å². The quantitative estimate of drug-likeness (QED) is 0.207. The minimum atomic E-state index is -0.777. The van der Waals surface area contributed by atoms with E-state index in [-0.39, 0.29) is 0 Å². The maximum absolute atomic E-state index is 11.6. The molecule has 0 bridgehead atoms. The average molecular weight is 543 g/mol. The van der Waals surface area contributed by atoms with E-state index < -0.39 is 12.1 Å². The van der Waals surface area contributed by atoms with Gasteiger partial charge in [0.05, 0.1) is 28.9 Å². The van der Waals surface area contributed by atoms with Gasteiger partial charge in [0, 0.05) is 5.56 Å². The van der Waals surface area contributed by atoms with Crippen molar-refractivity contribution >= 4 is 44.0 Å². The van der Waals surface area contributed by atoms with Gasteiger partial charge in [-0.1, -0.05) is 19.0 Å². The van der Waals surface area contributed by atoms with Crippen molar-refractivity contribution in [1.29, 1.82) is 0 Å². The molecule has 1 unspecified atom stereocenters. The van der Waals surface area contributed by atoms with Gasteiger partial charge in [0.2, 0.25) is 6.10 Å². The largest absolute Gasteiger partial charge is 0.496 e. The first kappa shape index (κ1) is 24.2. The van der Waals surface area contributed by atoms with E-state index in [9.17, 15) is 4.79 Å². The van der Waals surface area contributed by atoms with Crippen LogP contribution in [0.4, 0.5) is 0 Å². The fourth-order valence-electron chi connectivity index (χ4n) is 2.58. The molecule has 0 spiro atoms. The minimum Gasteiger partial charge on any atom is -0.496 e. The first-order valence-corrected chi connectivity index (χ1v) is 11.1. The normalized spacial score (nSPS) is 12.1. The lowest BCUT2D eigenvalue weighted by atomic mass is 10.0. The Morgan fingerprint density at radius 2 is 1.80 bits per heavy atom. The second-order valence-electron chi connectivity index (χ2n) is 6.71. The third-order valence-electron chi connectivity index (χ3n) is 4.10. The molecule has 0 radical (unpaired) electrons. The van der Waals surface area contributed by atoms with Gasteiger partial charge in [-0.05, 0) is 87.5 Å². The number of carbonyl (C=O) groups excluding carboxylic acids is 1. The van der Waals surface area contributed by atoms with Crippen LogP contribution in [0.5, 0.6) is 17.2 Å². The van der Waals surface area contributed by atoms with Crippen LogP contribution in [0, 0.1) is 0 Å². The lowest BCUT2D eigenvalue weighted by molar-refractivity contribution is -0.155. The molecule has 8 heteroatoms. The van der Waals surface area contributed by atoms with Crippen molar-refractivity contribution in [3.8, 4) is 17.2 Å². The van der Waals surface area contributed by atoms with Gasteiger partial charge in [0.25, 0.3) is 0 Å². The molecule has 30 heavy (non-hydrogen) atoms. The Morgan fingerprint density at radius 3 is 2.37 bits per heavy atom. The molecule has 0 amide bonds. The highest BCUT2D eigenvalue weighted by Crippen LogP contribution is 2.39. The summed E-state index contributed by atoms with van der Waals surface area (Å²) in [5.74, 6) is 2.01. The second-order valence-corrected chi connectivity index (χ2v) is 8.42. The third-order valence-corrected chi connectivity index (χ3v) is 5.28. The highest BCUT2D eigenvalue weighted by Gasteiger charge is 2.15. The average Bonchev–Trinajstić information content (AvgIpc) is 2.70. The lowest BCUT2D eigenvalue weighted by Crippen LogP contribution is -2.21. The van der Waals surface area contributed by atoms with Gasteiger partial charge in [-0.2, -0.15) is 0 Å². The van der Waals surface area contributed by atoms with Gasteiger partial charge in [-0.3, -0.25) is 0 Å². The van der Waals surface area contributed by atoms with E-state index in [1.165, 1.54) is 6.21 Å². The maximum Gasteiger partial charge on any atom is 0.349 e. The minimum absolute atomic E-state index is 0.296. The molecule has 0 aromatic heterocycles. The van der Waals surface area contributed by atoms with Crippen LogP contribution >= 0.6 is 31.9 Å². The Labute approximate surface area is 193 Å². The fourth-order valence-corrected chi connectivity index (χ4v) is 3.97. The Hall–Kier alpha value is -2.06. The predicted molar refractivity (Wildman–Crippen MR) is 124 cm³/mol. The zero-order valence-electron chi connectivity index (χ0n) is 17.6. The Morgan fingerprint density at radius 1 is 1.13 bits per heavy atom. The Balaban J connectivity index is 2.16. The van der Waals surface area contributed by atoms with E-state index in [1.807, 2.05) is 30.3 Å². The molecule has 6 nitrogen and oxygen atoms in total. The first-order valence-electron chi connectivity index (χ1n) is 9.47. The van der Waals surface area contributed by atoms with Crippen molar-refractivity contribution in [3.63, 3.8) is 0 Å². The molecule has 0 fully saturated rings. The molecule has 162 valence electrons. The summed E-state index contributed by atoms with van der Waals surface area (Å²) < 4.78 is 17.9. The van der Waals surface area contributed by atoms with Gasteiger partial charge < -0.3 is 19.0 Å². The zero-order chi connectivity index (χ0) is 22.3. The Bertz CT molecular complexity index is 891. The number of halogens is 2. The molecule has 0 aliphatic rings. The predicted octanol–water partition coefficient (Wildman–Crippen LogP) is 6.44. The van der Waals surface area contributed by atoms with Crippen molar-refractivity contribution in [3.05, 3.63) is 50.4 Å². The molecule has 0 aliphatic heterocycles. The summed E-state index contributed by atoms with van der Waals surface area (Å²) in [5.41, 5.74) is 1.83. The van der Waals surface area contributed by atoms with Crippen molar-refractivity contribution in [2.45, 2.75) is 39.7 Å². The van der Waals surface area contributed by atoms with Gasteiger partial charge in [0.15, 0.2) is 5.75 Å². The molecular weight excluding hydrogens is 518 g/mol. The molecule has 0 saturated heterocycles. The number of hydrogen-bond donors (Lipinski definition) is 0. The standard InChI is InChI=1S/C22H25Br2NO5/c1-6-28-22(26)14(4)30-25-12-15-9-18(23)21(19(24)10-15)29-16-7-8-20(27-5)17(11-16)13(2)3/h7-14H,6H2,1-5H3/b25-12+. The van der Waals surface area contributed by atoms with Crippen LogP contribution in [0.1, 0.15) is 44.7 Å². The third kappa shape index (κ3) is 6.47. The number of esters is 1. The van der Waals surface area contributed by atoms with Crippen molar-refractivity contribution < 1.29 is 23.8 Å². The summed E-state index contributed by atoms with van der Waals surface area (Å²) in [6, 6.07) is 9.42. The van der Waals surface area contributed by atoms with Gasteiger partial charge in [-0.25, -0.2) is 4.79 Å². The number of nitrogens with zero attached hydrogens (tertiary/aromatic N) is 1. The molecule has 2 aromatic carbocycles. The number of ether oxygens (including phenoxy) is 3. The van der Waals surface area contributed by atoms with Crippen LogP contribution in [0.3, 0.4) is 0 Å². The molecule has 0 heterocycles. The topological polar surface area (TPSA) is 66.4 Å². The van der Waals surface area contributed by atoms with Crippen LogP contribution in [-0.4, -0.2) is 32.0 Å². The molecule has 0 N–H and O–H groups in total. The number of benzene rings is 2. The number of hydrogen-bond acceptors (Lipinski definition) is 6. The summed E-state index contributed by atoms with van der Waals surface area (Å²) in [6.45, 7) is 7.82. The number of rotatable bonds is 9. The maximum atomic E-state index is 11.6. The monoisotopic (exact) mass is 541 g/mol. The molecule has 2 rings (SSSR count). The van der Waals surface area contributed by atoms with Crippen LogP contribution < -0.4 is 9.47 Å². The van der Waals surface area contributed by atoms with Gasteiger partial charge in [0.1, 0.15) is 11.5 Å². The number of methoxy groups -OCH3 is 1. The summed E-state index contributed by atoms with van der Waals surface area (Å²) in [7, 11) is 1.66. The summed E-state index contributed by atoms with van der Waals surface area (Å²) in [6.07, 6.45) is 0.736. The Kier molecular flexibility index (Phi) is 9.17. The fraction of sp³-hybridized carbons (Fsp3) is 0.364. The van der Waals surface area contributed by atoms with E-state index in [2.05, 4.69) is 50.9 Å². The highest BCUT2D eigenvalue weighted by molar-refractivity contribution is 9.11. The second kappa shape index (κ2) is 11.4. The molecule has 2 aromatic rings. The summed E-state index contributed by atoms with van der Waals surface area (Å²) in [5, 5.41) is 3.87. The van der Waals surface area contributed by atoms with Crippen molar-refractivity contribution in [1.82, 2.24) is 0 Å². The molecule has 1 atom stereocenters.